The second-order valence-electron chi connectivity index (χ2n) is 3.52. The zero-order chi connectivity index (χ0) is 8.27. The van der Waals surface area contributed by atoms with Crippen LogP contribution < -0.4 is 6.15 Å². The lowest BCUT2D eigenvalue weighted by Crippen LogP contribution is -2.41. The van der Waals surface area contributed by atoms with Crippen molar-refractivity contribution in [3.63, 3.8) is 0 Å². The van der Waals surface area contributed by atoms with Crippen molar-refractivity contribution in [2.45, 2.75) is 45.8 Å². The third kappa shape index (κ3) is 3.09. The third-order valence-electron chi connectivity index (χ3n) is 2.40. The molecule has 0 spiro atoms. The van der Waals surface area contributed by atoms with Crippen LogP contribution in [0.15, 0.2) is 0 Å². The summed E-state index contributed by atoms with van der Waals surface area (Å²) >= 11 is 0. The Bertz CT molecular complexity index is 109. The lowest BCUT2D eigenvalue weighted by Gasteiger charge is -2.34. The number of rotatable bonds is 2. The fourth-order valence-electron chi connectivity index (χ4n) is 1.39. The van der Waals surface area contributed by atoms with E-state index in [1.54, 1.807) is 0 Å². The molecule has 0 aromatic rings. The number of hydrogen-bond donors (Lipinski definition) is 1. The van der Waals surface area contributed by atoms with E-state index in [-0.39, 0.29) is 6.15 Å². The molecule has 74 valence electrons. The van der Waals surface area contributed by atoms with Crippen molar-refractivity contribution in [2.24, 2.45) is 0 Å². The Labute approximate surface area is 75.7 Å². The average Bonchev–Trinajstić information content (AvgIpc) is 2.05. The summed E-state index contributed by atoms with van der Waals surface area (Å²) in [4.78, 5) is 2.37. The second kappa shape index (κ2) is 5.51. The van der Waals surface area contributed by atoms with Gasteiger partial charge < -0.3 is 10.9 Å². The van der Waals surface area contributed by atoms with Gasteiger partial charge in [-0.2, -0.15) is 0 Å². The highest BCUT2D eigenvalue weighted by Crippen LogP contribution is 2.13. The van der Waals surface area contributed by atoms with Crippen molar-refractivity contribution in [3.8, 4) is 0 Å². The second-order valence-corrected chi connectivity index (χ2v) is 3.52. The van der Waals surface area contributed by atoms with E-state index < -0.39 is 0 Å². The molecule has 12 heavy (non-hydrogen) atoms. The van der Waals surface area contributed by atoms with Gasteiger partial charge in [-0.1, -0.05) is 6.92 Å². The van der Waals surface area contributed by atoms with Crippen molar-refractivity contribution in [3.05, 3.63) is 0 Å². The molecule has 1 fully saturated rings. The Morgan fingerprint density at radius 2 is 2.17 bits per heavy atom. The standard InChI is InChI=1S/C9H19NO.H3N/c1-4-9-5-6-10(7-11-9)8(2)3;/h8-9H,4-7H2,1-3H3;1H3/t9-;/m0./s1. The predicted molar refractivity (Wildman–Crippen MR) is 51.5 cm³/mol. The van der Waals surface area contributed by atoms with Crippen LogP contribution in [0.2, 0.25) is 0 Å². The highest BCUT2D eigenvalue weighted by molar-refractivity contribution is 4.68. The van der Waals surface area contributed by atoms with Gasteiger partial charge in [0.25, 0.3) is 0 Å². The van der Waals surface area contributed by atoms with Crippen LogP contribution in [0.4, 0.5) is 0 Å². The Morgan fingerprint density at radius 1 is 1.50 bits per heavy atom. The fraction of sp³-hybridized carbons (Fsp3) is 1.00. The van der Waals surface area contributed by atoms with Gasteiger partial charge in [0, 0.05) is 12.6 Å². The van der Waals surface area contributed by atoms with E-state index >= 15 is 0 Å². The molecule has 3 nitrogen and oxygen atoms in total. The SMILES string of the molecule is CC[C@H]1CCN(C(C)C)CO1.N. The van der Waals surface area contributed by atoms with Crippen molar-refractivity contribution in [1.82, 2.24) is 11.1 Å². The molecule has 3 N–H and O–H groups in total. The van der Waals surface area contributed by atoms with Gasteiger partial charge >= 0.3 is 0 Å². The number of nitrogens with zero attached hydrogens (tertiary/aromatic N) is 1. The van der Waals surface area contributed by atoms with E-state index in [0.717, 1.165) is 13.2 Å². The normalized spacial score (nSPS) is 25.5. The van der Waals surface area contributed by atoms with Crippen molar-refractivity contribution in [1.29, 1.82) is 0 Å². The van der Waals surface area contributed by atoms with Gasteiger partial charge in [-0.25, -0.2) is 0 Å². The molecule has 1 heterocycles. The minimum atomic E-state index is 0. The van der Waals surface area contributed by atoms with Crippen LogP contribution in [0, 0.1) is 0 Å². The minimum absolute atomic E-state index is 0. The molecular formula is C9H22N2O. The van der Waals surface area contributed by atoms with E-state index in [9.17, 15) is 0 Å². The lowest BCUT2D eigenvalue weighted by molar-refractivity contribution is -0.0802. The summed E-state index contributed by atoms with van der Waals surface area (Å²) in [7, 11) is 0. The Kier molecular flexibility index (Phi) is 5.46. The largest absolute Gasteiger partial charge is 0.363 e. The topological polar surface area (TPSA) is 47.5 Å². The van der Waals surface area contributed by atoms with Crippen molar-refractivity contribution >= 4 is 0 Å². The molecule has 0 saturated carbocycles. The van der Waals surface area contributed by atoms with Crippen molar-refractivity contribution in [2.75, 3.05) is 13.3 Å². The lowest BCUT2D eigenvalue weighted by atomic mass is 10.1. The molecule has 0 unspecified atom stereocenters. The number of ether oxygens (including phenoxy) is 1. The first-order chi connectivity index (χ1) is 5.24. The number of hydrogen-bond acceptors (Lipinski definition) is 3. The van der Waals surface area contributed by atoms with E-state index in [2.05, 4.69) is 25.7 Å². The quantitative estimate of drug-likeness (QED) is 0.696. The van der Waals surface area contributed by atoms with Crippen LogP contribution in [-0.2, 0) is 4.74 Å². The van der Waals surface area contributed by atoms with E-state index in [0.29, 0.717) is 12.1 Å². The zero-order valence-electron chi connectivity index (χ0n) is 8.55. The summed E-state index contributed by atoms with van der Waals surface area (Å²) in [6.07, 6.45) is 2.88. The van der Waals surface area contributed by atoms with Crippen molar-refractivity contribution < 1.29 is 4.74 Å². The van der Waals surface area contributed by atoms with Crippen LogP contribution in [-0.4, -0.2) is 30.3 Å². The summed E-state index contributed by atoms with van der Waals surface area (Å²) < 4.78 is 5.63. The maximum atomic E-state index is 5.63. The molecule has 0 amide bonds. The van der Waals surface area contributed by atoms with E-state index in [1.807, 2.05) is 0 Å². The summed E-state index contributed by atoms with van der Waals surface area (Å²) in [5.41, 5.74) is 0. The maximum absolute atomic E-state index is 5.63. The summed E-state index contributed by atoms with van der Waals surface area (Å²) in [5, 5.41) is 0. The first-order valence-corrected chi connectivity index (χ1v) is 4.59. The van der Waals surface area contributed by atoms with E-state index in [1.165, 1.54) is 13.0 Å². The fourth-order valence-corrected chi connectivity index (χ4v) is 1.39. The molecule has 0 aromatic heterocycles. The molecule has 1 aliphatic heterocycles. The van der Waals surface area contributed by atoms with Crippen LogP contribution >= 0.6 is 0 Å². The van der Waals surface area contributed by atoms with Crippen LogP contribution in [0.5, 0.6) is 0 Å². The van der Waals surface area contributed by atoms with E-state index in [4.69, 9.17) is 4.74 Å². The Balaban J connectivity index is 0.00000121. The molecule has 1 aliphatic rings. The van der Waals surface area contributed by atoms with Crippen LogP contribution in [0.1, 0.15) is 33.6 Å². The van der Waals surface area contributed by atoms with Crippen LogP contribution in [0.25, 0.3) is 0 Å². The molecular weight excluding hydrogens is 152 g/mol. The Morgan fingerprint density at radius 3 is 2.50 bits per heavy atom. The molecule has 1 saturated heterocycles. The molecule has 1 atom stereocenters. The van der Waals surface area contributed by atoms with Gasteiger partial charge in [0.05, 0.1) is 12.8 Å². The molecule has 0 aliphatic carbocycles. The third-order valence-corrected chi connectivity index (χ3v) is 2.40. The van der Waals surface area contributed by atoms with Crippen LogP contribution in [0.3, 0.4) is 0 Å². The van der Waals surface area contributed by atoms with Gasteiger partial charge in [-0.3, -0.25) is 4.90 Å². The zero-order valence-corrected chi connectivity index (χ0v) is 8.55. The molecule has 3 heteroatoms. The van der Waals surface area contributed by atoms with Gasteiger partial charge in [-0.15, -0.1) is 0 Å². The first kappa shape index (κ1) is 11.9. The summed E-state index contributed by atoms with van der Waals surface area (Å²) in [6, 6.07) is 0.632. The smallest absolute Gasteiger partial charge is 0.0996 e. The van der Waals surface area contributed by atoms with Gasteiger partial charge in [0.15, 0.2) is 0 Å². The summed E-state index contributed by atoms with van der Waals surface area (Å²) in [5.74, 6) is 0. The highest BCUT2D eigenvalue weighted by atomic mass is 16.5. The monoisotopic (exact) mass is 174 g/mol. The highest BCUT2D eigenvalue weighted by Gasteiger charge is 2.19. The minimum Gasteiger partial charge on any atom is -0.363 e. The summed E-state index contributed by atoms with van der Waals surface area (Å²) in [6.45, 7) is 8.66. The molecule has 1 rings (SSSR count). The Hall–Kier alpha value is -0.120. The molecule has 0 aromatic carbocycles. The predicted octanol–water partition coefficient (Wildman–Crippen LogP) is 2.02. The molecule has 0 bridgehead atoms. The van der Waals surface area contributed by atoms with Gasteiger partial charge in [-0.05, 0) is 26.7 Å². The molecule has 0 radical (unpaired) electrons. The average molecular weight is 174 g/mol. The first-order valence-electron chi connectivity index (χ1n) is 4.59. The van der Waals surface area contributed by atoms with Gasteiger partial charge in [0.1, 0.15) is 0 Å². The maximum Gasteiger partial charge on any atom is 0.0996 e. The van der Waals surface area contributed by atoms with Gasteiger partial charge in [0.2, 0.25) is 0 Å².